The van der Waals surface area contributed by atoms with Crippen LogP contribution in [-0.4, -0.2) is 12.5 Å². The largest absolute Gasteiger partial charge is 0.492 e. The molecule has 1 amide bonds. The third-order valence-corrected chi connectivity index (χ3v) is 5.99. The quantitative estimate of drug-likeness (QED) is 0.395. The number of benzene rings is 2. The van der Waals surface area contributed by atoms with E-state index in [1.54, 1.807) is 0 Å². The standard InChI is InChI=1S/C24H31Br2NO2/c1-23(2,3)16-9-11-20(18(25)14-16)27-22(28)8-7-13-29-21-12-10-17(15-19(21)26)24(4,5)6/h9-12,14-15H,7-8,13H2,1-6H3,(H,27,28). The summed E-state index contributed by atoms with van der Waals surface area (Å²) in [6.07, 6.45) is 1.06. The number of carbonyl (C=O) groups is 1. The summed E-state index contributed by atoms with van der Waals surface area (Å²) < 4.78 is 7.69. The highest BCUT2D eigenvalue weighted by atomic mass is 79.9. The molecule has 2 rings (SSSR count). The molecular weight excluding hydrogens is 494 g/mol. The van der Waals surface area contributed by atoms with E-state index in [4.69, 9.17) is 4.74 Å². The van der Waals surface area contributed by atoms with Gasteiger partial charge in [0.25, 0.3) is 0 Å². The van der Waals surface area contributed by atoms with Crippen LogP contribution in [0.2, 0.25) is 0 Å². The Kier molecular flexibility index (Phi) is 7.97. The fourth-order valence-corrected chi connectivity index (χ4v) is 3.77. The maximum Gasteiger partial charge on any atom is 0.224 e. The van der Waals surface area contributed by atoms with E-state index in [9.17, 15) is 4.79 Å². The predicted octanol–water partition coefficient (Wildman–Crippen LogP) is 7.60. The lowest BCUT2D eigenvalue weighted by Crippen LogP contribution is -2.15. The van der Waals surface area contributed by atoms with Crippen molar-refractivity contribution in [1.82, 2.24) is 0 Å². The third-order valence-electron chi connectivity index (χ3n) is 4.71. The van der Waals surface area contributed by atoms with Crippen LogP contribution in [0.3, 0.4) is 0 Å². The number of amides is 1. The lowest BCUT2D eigenvalue weighted by molar-refractivity contribution is -0.116. The van der Waals surface area contributed by atoms with Gasteiger partial charge in [-0.25, -0.2) is 0 Å². The van der Waals surface area contributed by atoms with Crippen LogP contribution in [-0.2, 0) is 15.6 Å². The number of carbonyl (C=O) groups excluding carboxylic acids is 1. The summed E-state index contributed by atoms with van der Waals surface area (Å²) in [5, 5.41) is 2.97. The van der Waals surface area contributed by atoms with Gasteiger partial charge in [0.1, 0.15) is 5.75 Å². The fraction of sp³-hybridized carbons (Fsp3) is 0.458. The minimum Gasteiger partial charge on any atom is -0.492 e. The van der Waals surface area contributed by atoms with E-state index in [0.29, 0.717) is 19.4 Å². The van der Waals surface area contributed by atoms with Crippen molar-refractivity contribution in [3.63, 3.8) is 0 Å². The van der Waals surface area contributed by atoms with Gasteiger partial charge in [0.15, 0.2) is 0 Å². The van der Waals surface area contributed by atoms with E-state index in [-0.39, 0.29) is 16.7 Å². The second-order valence-electron chi connectivity index (χ2n) is 9.34. The van der Waals surface area contributed by atoms with Gasteiger partial charge in [0.2, 0.25) is 5.91 Å². The first-order chi connectivity index (χ1) is 13.4. The molecule has 29 heavy (non-hydrogen) atoms. The molecule has 0 aliphatic heterocycles. The molecular formula is C24H31Br2NO2. The van der Waals surface area contributed by atoms with Crippen LogP contribution in [0.1, 0.15) is 65.5 Å². The van der Waals surface area contributed by atoms with Crippen molar-refractivity contribution in [3.05, 3.63) is 56.5 Å². The number of nitrogens with one attached hydrogen (secondary N) is 1. The van der Waals surface area contributed by atoms with Crippen molar-refractivity contribution in [3.8, 4) is 5.75 Å². The van der Waals surface area contributed by atoms with Gasteiger partial charge in [-0.05, 0) is 84.5 Å². The van der Waals surface area contributed by atoms with Crippen LogP contribution >= 0.6 is 31.9 Å². The van der Waals surface area contributed by atoms with Gasteiger partial charge in [-0.2, -0.15) is 0 Å². The molecule has 2 aromatic carbocycles. The SMILES string of the molecule is CC(C)(C)c1ccc(NC(=O)CCCOc2ccc(C(C)(C)C)cc2Br)c(Br)c1. The molecule has 0 bridgehead atoms. The Morgan fingerprint density at radius 3 is 1.97 bits per heavy atom. The van der Waals surface area contributed by atoms with Gasteiger partial charge in [0.05, 0.1) is 16.8 Å². The Morgan fingerprint density at radius 2 is 1.45 bits per heavy atom. The molecule has 5 heteroatoms. The van der Waals surface area contributed by atoms with Gasteiger partial charge in [-0.15, -0.1) is 0 Å². The smallest absolute Gasteiger partial charge is 0.224 e. The van der Waals surface area contributed by atoms with E-state index < -0.39 is 0 Å². The molecule has 0 saturated heterocycles. The molecule has 0 unspecified atom stereocenters. The molecule has 0 aliphatic carbocycles. The summed E-state index contributed by atoms with van der Waals surface area (Å²) in [5.41, 5.74) is 3.43. The number of halogens is 2. The van der Waals surface area contributed by atoms with Gasteiger partial charge < -0.3 is 10.1 Å². The van der Waals surface area contributed by atoms with Crippen molar-refractivity contribution in [2.24, 2.45) is 0 Å². The van der Waals surface area contributed by atoms with Crippen LogP contribution in [0.15, 0.2) is 45.3 Å². The molecule has 0 atom stereocenters. The summed E-state index contributed by atoms with van der Waals surface area (Å²) in [6.45, 7) is 13.5. The Morgan fingerprint density at radius 1 is 0.897 bits per heavy atom. The molecule has 0 spiro atoms. The average molecular weight is 525 g/mol. The molecule has 0 fully saturated rings. The zero-order valence-corrected chi connectivity index (χ0v) is 21.3. The van der Waals surface area contributed by atoms with Crippen LogP contribution in [0.4, 0.5) is 5.69 Å². The maximum absolute atomic E-state index is 12.3. The minimum absolute atomic E-state index is 0.0139. The van der Waals surface area contributed by atoms with Gasteiger partial charge in [0, 0.05) is 10.9 Å². The highest BCUT2D eigenvalue weighted by Gasteiger charge is 2.16. The van der Waals surface area contributed by atoms with E-state index in [1.807, 2.05) is 12.1 Å². The summed E-state index contributed by atoms with van der Waals surface area (Å²) in [7, 11) is 0. The highest BCUT2D eigenvalue weighted by molar-refractivity contribution is 9.11. The minimum atomic E-state index is -0.0139. The Bertz CT molecular complexity index is 864. The van der Waals surface area contributed by atoms with Crippen LogP contribution in [0.25, 0.3) is 0 Å². The summed E-state index contributed by atoms with van der Waals surface area (Å²) in [6, 6.07) is 12.2. The van der Waals surface area contributed by atoms with Crippen molar-refractivity contribution >= 4 is 43.5 Å². The Hall–Kier alpha value is -1.33. The van der Waals surface area contributed by atoms with Crippen LogP contribution in [0, 0.1) is 0 Å². The first-order valence-electron chi connectivity index (χ1n) is 9.90. The third kappa shape index (κ3) is 7.14. The molecule has 0 heterocycles. The summed E-state index contributed by atoms with van der Waals surface area (Å²) in [5.74, 6) is 0.791. The monoisotopic (exact) mass is 523 g/mol. The van der Waals surface area contributed by atoms with E-state index in [2.05, 4.69) is 103 Å². The molecule has 0 aliphatic rings. The average Bonchev–Trinajstić information content (AvgIpc) is 2.59. The Labute approximate surface area is 191 Å². The molecule has 3 nitrogen and oxygen atoms in total. The van der Waals surface area contributed by atoms with Crippen molar-refractivity contribution < 1.29 is 9.53 Å². The number of rotatable bonds is 6. The van der Waals surface area contributed by atoms with Gasteiger partial charge >= 0.3 is 0 Å². The molecule has 158 valence electrons. The predicted molar refractivity (Wildman–Crippen MR) is 129 cm³/mol. The fourth-order valence-electron chi connectivity index (χ4n) is 2.79. The molecule has 0 radical (unpaired) electrons. The Balaban J connectivity index is 1.84. The van der Waals surface area contributed by atoms with E-state index in [1.165, 1.54) is 11.1 Å². The number of hydrogen-bond acceptors (Lipinski definition) is 2. The number of ether oxygens (including phenoxy) is 1. The van der Waals surface area contributed by atoms with Gasteiger partial charge in [-0.3, -0.25) is 4.79 Å². The lowest BCUT2D eigenvalue weighted by atomic mass is 9.87. The van der Waals surface area contributed by atoms with E-state index >= 15 is 0 Å². The molecule has 1 N–H and O–H groups in total. The number of anilines is 1. The van der Waals surface area contributed by atoms with Gasteiger partial charge in [-0.1, -0.05) is 53.7 Å². The zero-order valence-electron chi connectivity index (χ0n) is 18.2. The zero-order chi connectivity index (χ0) is 21.8. The lowest BCUT2D eigenvalue weighted by Gasteiger charge is -2.20. The normalized spacial score (nSPS) is 12.0. The topological polar surface area (TPSA) is 38.3 Å². The number of hydrogen-bond donors (Lipinski definition) is 1. The molecule has 0 saturated carbocycles. The van der Waals surface area contributed by atoms with Crippen LogP contribution in [0.5, 0.6) is 5.75 Å². The molecule has 2 aromatic rings. The van der Waals surface area contributed by atoms with Crippen molar-refractivity contribution in [1.29, 1.82) is 0 Å². The second kappa shape index (κ2) is 9.65. The highest BCUT2D eigenvalue weighted by Crippen LogP contribution is 2.32. The van der Waals surface area contributed by atoms with Crippen LogP contribution < -0.4 is 10.1 Å². The van der Waals surface area contributed by atoms with Crippen molar-refractivity contribution in [2.45, 2.75) is 65.2 Å². The first kappa shape index (κ1) is 23.9. The van der Waals surface area contributed by atoms with Crippen molar-refractivity contribution in [2.75, 3.05) is 11.9 Å². The van der Waals surface area contributed by atoms with E-state index in [0.717, 1.165) is 20.4 Å². The second-order valence-corrected chi connectivity index (χ2v) is 11.0. The maximum atomic E-state index is 12.3. The summed E-state index contributed by atoms with van der Waals surface area (Å²) >= 11 is 7.15. The summed E-state index contributed by atoms with van der Waals surface area (Å²) in [4.78, 5) is 12.3. The first-order valence-corrected chi connectivity index (χ1v) is 11.5. The molecule has 0 aromatic heterocycles.